The smallest absolute Gasteiger partial charge is 0.410 e. The van der Waals surface area contributed by atoms with Crippen LogP contribution < -0.4 is 15.4 Å². The highest BCUT2D eigenvalue weighted by Gasteiger charge is 2.63. The van der Waals surface area contributed by atoms with Gasteiger partial charge in [0.1, 0.15) is 29.3 Å². The summed E-state index contributed by atoms with van der Waals surface area (Å²) in [7, 11) is -4.02. The third-order valence-electron chi connectivity index (χ3n) is 10.6. The van der Waals surface area contributed by atoms with Crippen LogP contribution >= 0.6 is 0 Å². The van der Waals surface area contributed by atoms with Crippen molar-refractivity contribution in [3.63, 3.8) is 0 Å². The van der Waals surface area contributed by atoms with E-state index in [2.05, 4.69) is 21.9 Å². The highest BCUT2D eigenvalue weighted by atomic mass is 32.2. The van der Waals surface area contributed by atoms with E-state index in [1.54, 1.807) is 53.4 Å². The molecule has 5 amide bonds. The van der Waals surface area contributed by atoms with Crippen molar-refractivity contribution in [3.05, 3.63) is 48.0 Å². The first-order valence-electron chi connectivity index (χ1n) is 18.0. The van der Waals surface area contributed by atoms with Crippen LogP contribution in [-0.2, 0) is 46.8 Å². The van der Waals surface area contributed by atoms with Gasteiger partial charge in [0.25, 0.3) is 5.91 Å². The maximum absolute atomic E-state index is 14.4. The molecule has 5 rings (SSSR count). The van der Waals surface area contributed by atoms with Crippen LogP contribution in [0.3, 0.4) is 0 Å². The third kappa shape index (κ3) is 8.08. The minimum Gasteiger partial charge on any atom is -0.444 e. The minimum atomic E-state index is -4.02. The van der Waals surface area contributed by atoms with E-state index in [1.807, 2.05) is 24.3 Å². The SMILES string of the molecule is C=CC1CC1(NC(=O)C1CC(OC(=O)N2CCc3ccccc3C2)CN1C(=O)C(NC(=O)OC(C)(C)C)C(C)(C)C)C(=O)NS(=O)(=O)C1(CC)CC1. The van der Waals surface area contributed by atoms with Crippen LogP contribution in [0.15, 0.2) is 36.9 Å². The van der Waals surface area contributed by atoms with Gasteiger partial charge in [-0.25, -0.2) is 18.0 Å². The quantitative estimate of drug-likeness (QED) is 0.302. The molecule has 5 unspecified atom stereocenters. The number of hydrogen-bond donors (Lipinski definition) is 3. The van der Waals surface area contributed by atoms with Crippen LogP contribution in [0.4, 0.5) is 9.59 Å². The summed E-state index contributed by atoms with van der Waals surface area (Å²) in [6.45, 7) is 16.5. The molecular weight excluding hydrogens is 691 g/mol. The molecule has 2 heterocycles. The monoisotopic (exact) mass is 743 g/mol. The van der Waals surface area contributed by atoms with Crippen LogP contribution in [0.25, 0.3) is 0 Å². The average Bonchev–Trinajstić information content (AvgIpc) is 3.96. The van der Waals surface area contributed by atoms with E-state index < -0.39 is 85.3 Å². The Morgan fingerprint density at radius 1 is 1.06 bits per heavy atom. The van der Waals surface area contributed by atoms with Gasteiger partial charge < -0.3 is 29.9 Å². The molecule has 286 valence electrons. The first-order valence-corrected chi connectivity index (χ1v) is 19.5. The maximum Gasteiger partial charge on any atom is 0.410 e. The van der Waals surface area contributed by atoms with Crippen LogP contribution in [-0.4, -0.2) is 95.3 Å². The van der Waals surface area contributed by atoms with Crippen molar-refractivity contribution in [1.82, 2.24) is 25.2 Å². The van der Waals surface area contributed by atoms with Gasteiger partial charge in [-0.1, -0.05) is 58.0 Å². The van der Waals surface area contributed by atoms with Crippen LogP contribution in [0.2, 0.25) is 0 Å². The van der Waals surface area contributed by atoms with Gasteiger partial charge in [-0.2, -0.15) is 0 Å². The molecule has 52 heavy (non-hydrogen) atoms. The van der Waals surface area contributed by atoms with Gasteiger partial charge in [-0.3, -0.25) is 19.1 Å². The number of amides is 5. The van der Waals surface area contributed by atoms with Crippen molar-refractivity contribution >= 4 is 39.9 Å². The fraction of sp³-hybridized carbons (Fsp3) is 0.649. The molecule has 2 aliphatic heterocycles. The van der Waals surface area contributed by atoms with E-state index in [9.17, 15) is 32.4 Å². The number of alkyl carbamates (subject to hydrolysis) is 1. The molecule has 1 saturated heterocycles. The number of nitrogens with one attached hydrogen (secondary N) is 3. The van der Waals surface area contributed by atoms with E-state index in [4.69, 9.17) is 9.47 Å². The van der Waals surface area contributed by atoms with E-state index in [0.29, 0.717) is 38.8 Å². The first-order chi connectivity index (χ1) is 24.1. The maximum atomic E-state index is 14.4. The molecule has 0 spiro atoms. The second-order valence-corrected chi connectivity index (χ2v) is 18.7. The molecule has 14 nitrogen and oxygen atoms in total. The van der Waals surface area contributed by atoms with Crippen molar-refractivity contribution in [2.75, 3.05) is 13.1 Å². The van der Waals surface area contributed by atoms with Gasteiger partial charge in [-0.15, -0.1) is 6.58 Å². The van der Waals surface area contributed by atoms with Crippen LogP contribution in [0.5, 0.6) is 0 Å². The fourth-order valence-electron chi connectivity index (χ4n) is 7.09. The Morgan fingerprint density at radius 2 is 1.71 bits per heavy atom. The molecular formula is C37H53N5O9S. The van der Waals surface area contributed by atoms with Crippen LogP contribution in [0, 0.1) is 11.3 Å². The molecule has 5 atom stereocenters. The third-order valence-corrected chi connectivity index (χ3v) is 12.9. The first kappa shape index (κ1) is 39.1. The Kier molecular flexibility index (Phi) is 10.5. The summed E-state index contributed by atoms with van der Waals surface area (Å²) in [5.41, 5.74) is -1.13. The standard InChI is InChI=1S/C37H53N5O9S/c1-9-25-20-37(25,31(45)40-52(48,49)36(10-2)16-17-36)39-29(43)27-19-26(50-33(47)41-18-15-23-13-11-12-14-24(23)21-41)22-42(27)30(44)28(34(3,4)5)38-32(46)51-35(6,7)8/h9,11-14,25-28H,1,10,15-22H2,2-8H3,(H,38,46)(H,39,43)(H,40,45). The molecule has 4 aliphatic rings. The number of likely N-dealkylation sites (tertiary alicyclic amines) is 1. The van der Waals surface area contributed by atoms with Gasteiger partial charge in [0.05, 0.1) is 11.3 Å². The molecule has 0 bridgehead atoms. The molecule has 0 aromatic heterocycles. The summed E-state index contributed by atoms with van der Waals surface area (Å²) in [6.07, 6.45) is 1.06. The molecule has 3 N–H and O–H groups in total. The summed E-state index contributed by atoms with van der Waals surface area (Å²) in [6, 6.07) is 5.44. The molecule has 1 aromatic carbocycles. The van der Waals surface area contributed by atoms with Crippen molar-refractivity contribution in [1.29, 1.82) is 0 Å². The van der Waals surface area contributed by atoms with Gasteiger partial charge in [0.15, 0.2) is 0 Å². The number of sulfonamides is 1. The van der Waals surface area contributed by atoms with Gasteiger partial charge in [0.2, 0.25) is 21.8 Å². The second kappa shape index (κ2) is 14.0. The van der Waals surface area contributed by atoms with E-state index in [1.165, 1.54) is 11.0 Å². The predicted molar refractivity (Wildman–Crippen MR) is 192 cm³/mol. The Bertz CT molecular complexity index is 1730. The normalized spacial score (nSPS) is 25.6. The van der Waals surface area contributed by atoms with Crippen molar-refractivity contribution < 1.29 is 41.9 Å². The largest absolute Gasteiger partial charge is 0.444 e. The van der Waals surface area contributed by atoms with Crippen molar-refractivity contribution in [3.8, 4) is 0 Å². The summed E-state index contributed by atoms with van der Waals surface area (Å²) in [5.74, 6) is -2.76. The zero-order chi connectivity index (χ0) is 38.4. The van der Waals surface area contributed by atoms with E-state index >= 15 is 0 Å². The lowest BCUT2D eigenvalue weighted by Crippen LogP contribution is -2.60. The molecule has 2 aliphatic carbocycles. The lowest BCUT2D eigenvalue weighted by atomic mass is 9.85. The molecule has 1 aromatic rings. The lowest BCUT2D eigenvalue weighted by molar-refractivity contribution is -0.143. The zero-order valence-corrected chi connectivity index (χ0v) is 32.1. The molecule has 2 saturated carbocycles. The number of benzene rings is 1. The summed E-state index contributed by atoms with van der Waals surface area (Å²) < 4.78 is 38.9. The average molecular weight is 744 g/mol. The lowest BCUT2D eigenvalue weighted by Gasteiger charge is -2.36. The topological polar surface area (TPSA) is 181 Å². The predicted octanol–water partition coefficient (Wildman–Crippen LogP) is 3.54. The Labute approximate surface area is 306 Å². The minimum absolute atomic E-state index is 0.0925. The number of carbonyl (C=O) groups is 5. The Balaban J connectivity index is 1.38. The number of ether oxygens (including phenoxy) is 2. The highest BCUT2D eigenvalue weighted by molar-refractivity contribution is 7.91. The number of rotatable bonds is 10. The molecule has 15 heteroatoms. The van der Waals surface area contributed by atoms with Gasteiger partial charge in [0, 0.05) is 25.4 Å². The van der Waals surface area contributed by atoms with E-state index in [0.717, 1.165) is 11.1 Å². The zero-order valence-electron chi connectivity index (χ0n) is 31.2. The number of nitrogens with zero attached hydrogens (tertiary/aromatic N) is 2. The van der Waals surface area contributed by atoms with Gasteiger partial charge in [-0.05, 0) is 69.4 Å². The summed E-state index contributed by atoms with van der Waals surface area (Å²) in [5, 5.41) is 5.43. The Morgan fingerprint density at radius 3 is 2.27 bits per heavy atom. The number of carbonyl (C=O) groups excluding carboxylic acids is 5. The summed E-state index contributed by atoms with van der Waals surface area (Å²) in [4.78, 5) is 71.5. The summed E-state index contributed by atoms with van der Waals surface area (Å²) >= 11 is 0. The van der Waals surface area contributed by atoms with Crippen LogP contribution in [0.1, 0.15) is 91.7 Å². The van der Waals surface area contributed by atoms with Crippen molar-refractivity contribution in [2.24, 2.45) is 11.3 Å². The Hall–Kier alpha value is -4.14. The number of hydrogen-bond acceptors (Lipinski definition) is 9. The molecule has 3 fully saturated rings. The number of fused-ring (bicyclic) bond motifs is 1. The van der Waals surface area contributed by atoms with Gasteiger partial charge >= 0.3 is 12.2 Å². The van der Waals surface area contributed by atoms with Crippen molar-refractivity contribution in [2.45, 2.75) is 128 Å². The second-order valence-electron chi connectivity index (χ2n) is 16.6. The highest BCUT2D eigenvalue weighted by Crippen LogP contribution is 2.48. The fourth-order valence-corrected chi connectivity index (χ4v) is 8.76. The van der Waals surface area contributed by atoms with E-state index in [-0.39, 0.29) is 19.4 Å². The molecule has 0 radical (unpaired) electrons.